The van der Waals surface area contributed by atoms with Gasteiger partial charge in [0.15, 0.2) is 6.61 Å². The lowest BCUT2D eigenvalue weighted by Gasteiger charge is -2.19. The molecule has 0 radical (unpaired) electrons. The molecule has 156 valence electrons. The van der Waals surface area contributed by atoms with Gasteiger partial charge in [-0.3, -0.25) is 9.10 Å². The molecule has 0 saturated carbocycles. The summed E-state index contributed by atoms with van der Waals surface area (Å²) in [5, 5.41) is 0. The normalized spacial score (nSPS) is 11.0. The minimum Gasteiger partial charge on any atom is -0.452 e. The van der Waals surface area contributed by atoms with Crippen molar-refractivity contribution in [1.29, 1.82) is 0 Å². The Labute approximate surface area is 171 Å². The summed E-state index contributed by atoms with van der Waals surface area (Å²) in [6.45, 7) is 2.22. The lowest BCUT2D eigenvalue weighted by Crippen LogP contribution is -2.32. The monoisotopic (exact) mass is 418 g/mol. The highest BCUT2D eigenvalue weighted by Gasteiger charge is 2.23. The van der Waals surface area contributed by atoms with Gasteiger partial charge in [-0.1, -0.05) is 37.6 Å². The maximum absolute atomic E-state index is 12.9. The summed E-state index contributed by atoms with van der Waals surface area (Å²) in [6, 6.07) is 14.2. The lowest BCUT2D eigenvalue weighted by molar-refractivity contribution is -0.133. The molecule has 1 amide bonds. The number of esters is 1. The molecule has 0 heterocycles. The SMILES string of the molecule is CCCCN(C)C(=O)COC(=O)c1cccc(S(=O)(=O)N(C)c2ccccc2)c1. The Kier molecular flexibility index (Phi) is 7.78. The molecule has 0 aliphatic carbocycles. The predicted octanol–water partition coefficient (Wildman–Crippen LogP) is 2.93. The second-order valence-electron chi connectivity index (χ2n) is 6.58. The first-order valence-corrected chi connectivity index (χ1v) is 10.8. The molecule has 0 atom stereocenters. The molecular formula is C21H26N2O5S. The highest BCUT2D eigenvalue weighted by molar-refractivity contribution is 7.92. The number of unbranched alkanes of at least 4 members (excludes halogenated alkanes) is 1. The first-order chi connectivity index (χ1) is 13.8. The zero-order valence-electron chi connectivity index (χ0n) is 16.9. The number of anilines is 1. The van der Waals surface area contributed by atoms with Crippen LogP contribution in [0.25, 0.3) is 0 Å². The van der Waals surface area contributed by atoms with Crippen molar-refractivity contribution in [3.63, 3.8) is 0 Å². The minimum atomic E-state index is -3.85. The van der Waals surface area contributed by atoms with Gasteiger partial charge in [0, 0.05) is 20.6 Å². The number of ether oxygens (including phenoxy) is 1. The third kappa shape index (κ3) is 5.80. The average Bonchev–Trinajstić information content (AvgIpc) is 2.75. The Bertz CT molecular complexity index is 945. The Morgan fingerprint density at radius 2 is 1.69 bits per heavy atom. The van der Waals surface area contributed by atoms with Crippen LogP contribution in [0.1, 0.15) is 30.1 Å². The molecule has 2 aromatic rings. The zero-order valence-corrected chi connectivity index (χ0v) is 17.7. The standard InChI is InChI=1S/C21H26N2O5S/c1-4-5-14-22(2)20(24)16-28-21(25)17-10-9-13-19(15-17)29(26,27)23(3)18-11-7-6-8-12-18/h6-13,15H,4-5,14,16H2,1-3H3. The highest BCUT2D eigenvalue weighted by atomic mass is 32.2. The molecule has 0 unspecified atom stereocenters. The molecule has 0 aliphatic heterocycles. The lowest BCUT2D eigenvalue weighted by atomic mass is 10.2. The van der Waals surface area contributed by atoms with Gasteiger partial charge in [-0.05, 0) is 36.8 Å². The van der Waals surface area contributed by atoms with E-state index in [2.05, 4.69) is 0 Å². The van der Waals surface area contributed by atoms with Crippen molar-refractivity contribution in [2.24, 2.45) is 0 Å². The summed E-state index contributed by atoms with van der Waals surface area (Å²) in [6.07, 6.45) is 1.82. The van der Waals surface area contributed by atoms with Gasteiger partial charge in [0.1, 0.15) is 0 Å². The van der Waals surface area contributed by atoms with Crippen LogP contribution in [-0.2, 0) is 19.6 Å². The van der Waals surface area contributed by atoms with Crippen molar-refractivity contribution < 1.29 is 22.7 Å². The third-order valence-corrected chi connectivity index (χ3v) is 6.23. The van der Waals surface area contributed by atoms with E-state index in [1.807, 2.05) is 6.92 Å². The molecule has 0 spiro atoms. The number of amides is 1. The number of para-hydroxylation sites is 1. The molecule has 8 heteroatoms. The van der Waals surface area contributed by atoms with Crippen LogP contribution < -0.4 is 4.31 Å². The van der Waals surface area contributed by atoms with Crippen LogP contribution in [0.4, 0.5) is 5.69 Å². The fourth-order valence-corrected chi connectivity index (χ4v) is 3.80. The number of hydrogen-bond acceptors (Lipinski definition) is 5. The smallest absolute Gasteiger partial charge is 0.338 e. The largest absolute Gasteiger partial charge is 0.452 e. The topological polar surface area (TPSA) is 84.0 Å². The van der Waals surface area contributed by atoms with Gasteiger partial charge >= 0.3 is 5.97 Å². The van der Waals surface area contributed by atoms with Gasteiger partial charge in [-0.2, -0.15) is 0 Å². The number of carbonyl (C=O) groups excluding carboxylic acids is 2. The molecule has 2 rings (SSSR count). The van der Waals surface area contributed by atoms with E-state index in [0.29, 0.717) is 12.2 Å². The summed E-state index contributed by atoms with van der Waals surface area (Å²) in [5.74, 6) is -1.05. The van der Waals surface area contributed by atoms with Crippen molar-refractivity contribution in [3.8, 4) is 0 Å². The number of hydrogen-bond donors (Lipinski definition) is 0. The molecule has 0 fully saturated rings. The Morgan fingerprint density at radius 1 is 1.00 bits per heavy atom. The molecule has 0 saturated heterocycles. The number of sulfonamides is 1. The molecule has 0 bridgehead atoms. The van der Waals surface area contributed by atoms with Crippen molar-refractivity contribution in [2.45, 2.75) is 24.7 Å². The predicted molar refractivity (Wildman–Crippen MR) is 111 cm³/mol. The van der Waals surface area contributed by atoms with Crippen LogP contribution >= 0.6 is 0 Å². The van der Waals surface area contributed by atoms with Crippen LogP contribution in [0.15, 0.2) is 59.5 Å². The number of carbonyl (C=O) groups is 2. The highest BCUT2D eigenvalue weighted by Crippen LogP contribution is 2.22. The minimum absolute atomic E-state index is 0.0373. The summed E-state index contributed by atoms with van der Waals surface area (Å²) in [4.78, 5) is 25.8. The summed E-state index contributed by atoms with van der Waals surface area (Å²) >= 11 is 0. The molecular weight excluding hydrogens is 392 g/mol. The average molecular weight is 419 g/mol. The second-order valence-corrected chi connectivity index (χ2v) is 8.55. The summed E-state index contributed by atoms with van der Waals surface area (Å²) < 4.78 is 32.0. The third-order valence-electron chi connectivity index (χ3n) is 4.45. The Hall–Kier alpha value is -2.87. The maximum Gasteiger partial charge on any atom is 0.338 e. The van der Waals surface area contributed by atoms with Gasteiger partial charge in [-0.25, -0.2) is 13.2 Å². The Morgan fingerprint density at radius 3 is 2.34 bits per heavy atom. The van der Waals surface area contributed by atoms with E-state index >= 15 is 0 Å². The van der Waals surface area contributed by atoms with Crippen molar-refractivity contribution in [2.75, 3.05) is 31.6 Å². The molecule has 29 heavy (non-hydrogen) atoms. The second kappa shape index (κ2) is 10.1. The molecule has 0 aromatic heterocycles. The molecule has 0 aliphatic rings. The van der Waals surface area contributed by atoms with E-state index in [9.17, 15) is 18.0 Å². The van der Waals surface area contributed by atoms with Gasteiger partial charge in [0.05, 0.1) is 16.1 Å². The van der Waals surface area contributed by atoms with Crippen LogP contribution in [0.2, 0.25) is 0 Å². The summed E-state index contributed by atoms with van der Waals surface area (Å²) in [5.41, 5.74) is 0.567. The van der Waals surface area contributed by atoms with Crippen molar-refractivity contribution in [1.82, 2.24) is 4.90 Å². The van der Waals surface area contributed by atoms with Crippen molar-refractivity contribution >= 4 is 27.6 Å². The summed E-state index contributed by atoms with van der Waals surface area (Å²) in [7, 11) is -0.757. The first kappa shape index (κ1) is 22.4. The van der Waals surface area contributed by atoms with Crippen molar-refractivity contribution in [3.05, 3.63) is 60.2 Å². The van der Waals surface area contributed by atoms with E-state index in [1.165, 1.54) is 36.2 Å². The van der Waals surface area contributed by atoms with E-state index in [-0.39, 0.29) is 23.0 Å². The molecule has 0 N–H and O–H groups in total. The number of likely N-dealkylation sites (N-methyl/N-ethyl adjacent to an activating group) is 1. The van der Waals surface area contributed by atoms with Gasteiger partial charge in [0.2, 0.25) is 0 Å². The zero-order chi connectivity index (χ0) is 21.4. The van der Waals surface area contributed by atoms with E-state index in [1.54, 1.807) is 37.4 Å². The number of benzene rings is 2. The fourth-order valence-electron chi connectivity index (χ4n) is 2.56. The van der Waals surface area contributed by atoms with E-state index in [4.69, 9.17) is 4.74 Å². The number of rotatable bonds is 9. The van der Waals surface area contributed by atoms with E-state index in [0.717, 1.165) is 17.1 Å². The fraction of sp³-hybridized carbons (Fsp3) is 0.333. The molecule has 2 aromatic carbocycles. The van der Waals surface area contributed by atoms with Crippen LogP contribution in [-0.4, -0.2) is 52.4 Å². The van der Waals surface area contributed by atoms with Gasteiger partial charge in [0.25, 0.3) is 15.9 Å². The molecule has 7 nitrogen and oxygen atoms in total. The Balaban J connectivity index is 2.10. The van der Waals surface area contributed by atoms with Gasteiger partial charge < -0.3 is 9.64 Å². The number of nitrogens with zero attached hydrogens (tertiary/aromatic N) is 2. The van der Waals surface area contributed by atoms with Crippen LogP contribution in [0.3, 0.4) is 0 Å². The van der Waals surface area contributed by atoms with Crippen LogP contribution in [0, 0.1) is 0 Å². The quantitative estimate of drug-likeness (QED) is 0.585. The van der Waals surface area contributed by atoms with Crippen LogP contribution in [0.5, 0.6) is 0 Å². The maximum atomic E-state index is 12.9. The van der Waals surface area contributed by atoms with Gasteiger partial charge in [-0.15, -0.1) is 0 Å². The van der Waals surface area contributed by atoms with E-state index < -0.39 is 16.0 Å². The first-order valence-electron chi connectivity index (χ1n) is 9.32.